The van der Waals surface area contributed by atoms with Crippen LogP contribution in [0.25, 0.3) is 0 Å². The van der Waals surface area contributed by atoms with Crippen LogP contribution in [-0.4, -0.2) is 10.9 Å². The number of alkyl halides is 1. The maximum atomic E-state index is 11.5. The lowest BCUT2D eigenvalue weighted by Crippen LogP contribution is -2.11. The molecule has 1 aliphatic rings. The van der Waals surface area contributed by atoms with Crippen LogP contribution in [0, 0.1) is 6.92 Å². The number of carbonyl (C=O) groups excluding carboxylic acids is 1. The number of carbonyl (C=O) groups is 1. The molecule has 2 rings (SSSR count). The van der Waals surface area contributed by atoms with Crippen molar-refractivity contribution >= 4 is 32.8 Å². The average Bonchev–Trinajstić information content (AvgIpc) is 2.12. The van der Waals surface area contributed by atoms with Crippen LogP contribution < -0.4 is 0 Å². The Hall–Kier alpha value is -0.280. The molecule has 0 saturated carbocycles. The van der Waals surface area contributed by atoms with Crippen LogP contribution in [0.3, 0.4) is 0 Å². The highest BCUT2D eigenvalue weighted by molar-refractivity contribution is 9.09. The maximum Gasteiger partial charge on any atom is 0.219 e. The minimum atomic E-state index is 0.203. The summed E-state index contributed by atoms with van der Waals surface area (Å²) in [6.07, 6.45) is 0. The summed E-state index contributed by atoms with van der Waals surface area (Å²) in [6, 6.07) is 6.07. The van der Waals surface area contributed by atoms with Gasteiger partial charge in [-0.2, -0.15) is 0 Å². The largest absolute Gasteiger partial charge is 0.282 e. The van der Waals surface area contributed by atoms with Gasteiger partial charge in [-0.3, -0.25) is 4.79 Å². The molecule has 68 valence electrons. The number of thioether (sulfide) groups is 1. The first kappa shape index (κ1) is 9.28. The number of fused-ring (bicyclic) bond motifs is 1. The van der Waals surface area contributed by atoms with E-state index in [0.717, 1.165) is 22.4 Å². The summed E-state index contributed by atoms with van der Waals surface area (Å²) in [5.41, 5.74) is 3.15. The monoisotopic (exact) mass is 256 g/mol. The van der Waals surface area contributed by atoms with Crippen molar-refractivity contribution < 1.29 is 4.79 Å². The van der Waals surface area contributed by atoms with Crippen molar-refractivity contribution in [2.45, 2.75) is 11.8 Å². The van der Waals surface area contributed by atoms with Crippen molar-refractivity contribution in [3.05, 3.63) is 34.9 Å². The number of hydrogen-bond donors (Lipinski definition) is 0. The molecule has 0 spiro atoms. The smallest absolute Gasteiger partial charge is 0.219 e. The summed E-state index contributed by atoms with van der Waals surface area (Å²) in [7, 11) is 0. The van der Waals surface area contributed by atoms with E-state index < -0.39 is 0 Å². The Balaban J connectivity index is 2.57. The molecule has 0 N–H and O–H groups in total. The molecule has 0 bridgehead atoms. The highest BCUT2D eigenvalue weighted by Crippen LogP contribution is 2.37. The summed E-state index contributed by atoms with van der Waals surface area (Å²) in [5.74, 6) is 0.842. The molecular weight excluding hydrogens is 248 g/mol. The molecule has 1 heterocycles. The Morgan fingerprint density at radius 1 is 1.54 bits per heavy atom. The van der Waals surface area contributed by atoms with Gasteiger partial charge in [0.25, 0.3) is 0 Å². The van der Waals surface area contributed by atoms with Crippen LogP contribution in [0.4, 0.5) is 0 Å². The molecule has 3 heteroatoms. The van der Waals surface area contributed by atoms with E-state index in [1.54, 1.807) is 0 Å². The molecule has 0 fully saturated rings. The SMILES string of the molecule is Cc1ccc2c(c1)C(=O)SCC2Br. The van der Waals surface area contributed by atoms with E-state index in [1.165, 1.54) is 11.8 Å². The van der Waals surface area contributed by atoms with Crippen molar-refractivity contribution in [3.63, 3.8) is 0 Å². The van der Waals surface area contributed by atoms with Crippen molar-refractivity contribution in [1.29, 1.82) is 0 Å². The fourth-order valence-electron chi connectivity index (χ4n) is 1.44. The number of rotatable bonds is 0. The molecule has 1 nitrogen and oxygen atoms in total. The Bertz CT molecular complexity index is 362. The minimum absolute atomic E-state index is 0.203. The van der Waals surface area contributed by atoms with Gasteiger partial charge in [0, 0.05) is 16.1 Å². The highest BCUT2D eigenvalue weighted by atomic mass is 79.9. The normalized spacial score (nSPS) is 21.4. The first-order chi connectivity index (χ1) is 6.18. The quantitative estimate of drug-likeness (QED) is 0.663. The molecule has 1 aromatic carbocycles. The van der Waals surface area contributed by atoms with Gasteiger partial charge in [0.05, 0.1) is 0 Å². The van der Waals surface area contributed by atoms with Gasteiger partial charge in [0.1, 0.15) is 0 Å². The van der Waals surface area contributed by atoms with E-state index in [4.69, 9.17) is 0 Å². The van der Waals surface area contributed by atoms with Gasteiger partial charge < -0.3 is 0 Å². The maximum absolute atomic E-state index is 11.5. The second-order valence-electron chi connectivity index (χ2n) is 3.16. The van der Waals surface area contributed by atoms with Crippen LogP contribution in [0.2, 0.25) is 0 Å². The van der Waals surface area contributed by atoms with Gasteiger partial charge >= 0.3 is 0 Å². The second-order valence-corrected chi connectivity index (χ2v) is 5.25. The average molecular weight is 257 g/mol. The Morgan fingerprint density at radius 2 is 2.31 bits per heavy atom. The summed E-state index contributed by atoms with van der Waals surface area (Å²) in [5, 5.41) is 0.203. The van der Waals surface area contributed by atoms with E-state index in [-0.39, 0.29) is 5.12 Å². The Kier molecular flexibility index (Phi) is 2.47. The van der Waals surface area contributed by atoms with Crippen LogP contribution in [0.5, 0.6) is 0 Å². The number of aryl methyl sites for hydroxylation is 1. The van der Waals surface area contributed by atoms with Gasteiger partial charge in [-0.15, -0.1) is 0 Å². The Labute approximate surface area is 90.0 Å². The molecule has 0 amide bonds. The van der Waals surface area contributed by atoms with E-state index >= 15 is 0 Å². The Morgan fingerprint density at radius 3 is 3.08 bits per heavy atom. The molecule has 0 aromatic heterocycles. The predicted molar refractivity (Wildman–Crippen MR) is 59.6 cm³/mol. The van der Waals surface area contributed by atoms with Crippen LogP contribution in [0.1, 0.15) is 26.3 Å². The van der Waals surface area contributed by atoms with Crippen molar-refractivity contribution in [2.75, 3.05) is 5.75 Å². The first-order valence-electron chi connectivity index (χ1n) is 4.10. The van der Waals surface area contributed by atoms with Gasteiger partial charge in [0.15, 0.2) is 0 Å². The van der Waals surface area contributed by atoms with Crippen LogP contribution in [-0.2, 0) is 0 Å². The zero-order valence-electron chi connectivity index (χ0n) is 7.21. The molecule has 1 atom stereocenters. The highest BCUT2D eigenvalue weighted by Gasteiger charge is 2.23. The van der Waals surface area contributed by atoms with Crippen molar-refractivity contribution in [3.8, 4) is 0 Å². The van der Waals surface area contributed by atoms with Gasteiger partial charge in [-0.25, -0.2) is 0 Å². The summed E-state index contributed by atoms with van der Waals surface area (Å²) >= 11 is 4.96. The van der Waals surface area contributed by atoms with E-state index in [2.05, 4.69) is 22.0 Å². The molecule has 13 heavy (non-hydrogen) atoms. The summed E-state index contributed by atoms with van der Waals surface area (Å²) in [4.78, 5) is 11.9. The third-order valence-electron chi connectivity index (χ3n) is 2.13. The van der Waals surface area contributed by atoms with Crippen molar-refractivity contribution in [1.82, 2.24) is 0 Å². The van der Waals surface area contributed by atoms with E-state index in [0.29, 0.717) is 4.83 Å². The predicted octanol–water partition coefficient (Wildman–Crippen LogP) is 3.32. The lowest BCUT2D eigenvalue weighted by molar-refractivity contribution is 0.108. The minimum Gasteiger partial charge on any atom is -0.282 e. The standard InChI is InChI=1S/C10H9BrOS/c1-6-2-3-7-8(4-6)10(12)13-5-9(7)11/h2-4,9H,5H2,1H3. The molecule has 1 unspecified atom stereocenters. The molecule has 0 radical (unpaired) electrons. The number of benzene rings is 1. The molecule has 1 aromatic rings. The third-order valence-corrected chi connectivity index (χ3v) is 4.35. The fraction of sp³-hybridized carbons (Fsp3) is 0.300. The number of halogens is 1. The first-order valence-corrected chi connectivity index (χ1v) is 6.00. The van der Waals surface area contributed by atoms with Crippen molar-refractivity contribution in [2.24, 2.45) is 0 Å². The van der Waals surface area contributed by atoms with Gasteiger partial charge in [-0.1, -0.05) is 45.4 Å². The second kappa shape index (κ2) is 3.46. The molecular formula is C10H9BrOS. The zero-order valence-corrected chi connectivity index (χ0v) is 9.61. The molecule has 0 saturated heterocycles. The van der Waals surface area contributed by atoms with E-state index in [1.807, 2.05) is 19.1 Å². The molecule has 1 aliphatic heterocycles. The lowest BCUT2D eigenvalue weighted by atomic mass is 10.0. The van der Waals surface area contributed by atoms with Gasteiger partial charge in [0.2, 0.25) is 5.12 Å². The molecule has 0 aliphatic carbocycles. The lowest BCUT2D eigenvalue weighted by Gasteiger charge is -2.19. The third kappa shape index (κ3) is 1.67. The number of hydrogen-bond acceptors (Lipinski definition) is 2. The zero-order chi connectivity index (χ0) is 9.42. The topological polar surface area (TPSA) is 17.1 Å². The van der Waals surface area contributed by atoms with Gasteiger partial charge in [-0.05, 0) is 18.6 Å². The van der Waals surface area contributed by atoms with Crippen LogP contribution in [0.15, 0.2) is 18.2 Å². The summed E-state index contributed by atoms with van der Waals surface area (Å²) < 4.78 is 0. The van der Waals surface area contributed by atoms with Crippen LogP contribution >= 0.6 is 27.7 Å². The fourth-order valence-corrected chi connectivity index (χ4v) is 3.04. The summed E-state index contributed by atoms with van der Waals surface area (Å²) in [6.45, 7) is 2.01. The van der Waals surface area contributed by atoms with E-state index in [9.17, 15) is 4.79 Å².